The Morgan fingerprint density at radius 3 is 2.71 bits per heavy atom. The van der Waals surface area contributed by atoms with Crippen LogP contribution in [-0.4, -0.2) is 66.8 Å². The predicted molar refractivity (Wildman–Crippen MR) is 86.4 cm³/mol. The Hall–Kier alpha value is -0.160. The molecule has 4 nitrogen and oxygen atoms in total. The van der Waals surface area contributed by atoms with Crippen LogP contribution in [0, 0.1) is 5.92 Å². The van der Waals surface area contributed by atoms with Crippen LogP contribution in [0.3, 0.4) is 0 Å². The summed E-state index contributed by atoms with van der Waals surface area (Å²) in [5, 5.41) is 0. The highest BCUT2D eigenvalue weighted by Crippen LogP contribution is 2.37. The molecule has 3 saturated heterocycles. The second-order valence-corrected chi connectivity index (χ2v) is 7.82. The van der Waals surface area contributed by atoms with Crippen molar-refractivity contribution in [3.63, 3.8) is 0 Å². The standard InChI is InChI=1S/C17H33N3O/c1-13(2)16-10-17(12-18,7-9-21-16)20-8-6-14-4-5-15(11-20)19(14)3/h13-16H,4-12,18H2,1-3H3. The second kappa shape index (κ2) is 6.15. The van der Waals surface area contributed by atoms with Crippen LogP contribution in [-0.2, 0) is 4.74 Å². The molecule has 2 bridgehead atoms. The van der Waals surface area contributed by atoms with Crippen molar-refractivity contribution < 1.29 is 4.74 Å². The highest BCUT2D eigenvalue weighted by molar-refractivity contribution is 5.01. The summed E-state index contributed by atoms with van der Waals surface area (Å²) in [4.78, 5) is 5.37. The average molecular weight is 295 g/mol. The van der Waals surface area contributed by atoms with Gasteiger partial charge in [-0.2, -0.15) is 0 Å². The van der Waals surface area contributed by atoms with E-state index >= 15 is 0 Å². The van der Waals surface area contributed by atoms with E-state index < -0.39 is 0 Å². The maximum atomic E-state index is 6.30. The van der Waals surface area contributed by atoms with E-state index in [1.54, 1.807) is 0 Å². The van der Waals surface area contributed by atoms with Crippen molar-refractivity contribution in [1.82, 2.24) is 9.80 Å². The van der Waals surface area contributed by atoms with Crippen molar-refractivity contribution in [3.8, 4) is 0 Å². The third kappa shape index (κ3) is 2.88. The zero-order valence-electron chi connectivity index (χ0n) is 14.1. The summed E-state index contributed by atoms with van der Waals surface area (Å²) < 4.78 is 6.01. The summed E-state index contributed by atoms with van der Waals surface area (Å²) in [5.74, 6) is 0.585. The molecule has 0 aromatic rings. The van der Waals surface area contributed by atoms with Crippen LogP contribution in [0.25, 0.3) is 0 Å². The fourth-order valence-corrected chi connectivity index (χ4v) is 4.71. The maximum absolute atomic E-state index is 6.30. The van der Waals surface area contributed by atoms with Crippen LogP contribution < -0.4 is 5.73 Å². The van der Waals surface area contributed by atoms with E-state index in [0.717, 1.165) is 38.1 Å². The molecule has 21 heavy (non-hydrogen) atoms. The van der Waals surface area contributed by atoms with E-state index in [1.165, 1.54) is 32.4 Å². The van der Waals surface area contributed by atoms with Gasteiger partial charge in [0.2, 0.25) is 0 Å². The van der Waals surface area contributed by atoms with Gasteiger partial charge in [0.1, 0.15) is 0 Å². The number of hydrogen-bond donors (Lipinski definition) is 1. The number of likely N-dealkylation sites (tertiary alicyclic amines) is 1. The summed E-state index contributed by atoms with van der Waals surface area (Å²) in [6, 6.07) is 1.54. The highest BCUT2D eigenvalue weighted by atomic mass is 16.5. The first kappa shape index (κ1) is 15.7. The molecule has 3 rings (SSSR count). The molecular formula is C17H33N3O. The molecule has 3 aliphatic heterocycles. The summed E-state index contributed by atoms with van der Waals surface area (Å²) in [6.07, 6.45) is 6.66. The van der Waals surface area contributed by atoms with Crippen molar-refractivity contribution >= 4 is 0 Å². The van der Waals surface area contributed by atoms with Gasteiger partial charge in [0.25, 0.3) is 0 Å². The first-order valence-electron chi connectivity index (χ1n) is 8.84. The van der Waals surface area contributed by atoms with Gasteiger partial charge in [-0.3, -0.25) is 9.80 Å². The van der Waals surface area contributed by atoms with Gasteiger partial charge in [0.05, 0.1) is 6.10 Å². The van der Waals surface area contributed by atoms with E-state index in [1.807, 2.05) is 0 Å². The fraction of sp³-hybridized carbons (Fsp3) is 1.00. The number of hydrogen-bond acceptors (Lipinski definition) is 4. The fourth-order valence-electron chi connectivity index (χ4n) is 4.71. The molecule has 0 aromatic carbocycles. The molecule has 0 aromatic heterocycles. The second-order valence-electron chi connectivity index (χ2n) is 7.82. The quantitative estimate of drug-likeness (QED) is 0.860. The summed E-state index contributed by atoms with van der Waals surface area (Å²) >= 11 is 0. The van der Waals surface area contributed by atoms with Gasteiger partial charge in [0, 0.05) is 43.9 Å². The van der Waals surface area contributed by atoms with Gasteiger partial charge in [-0.05, 0) is 45.1 Å². The van der Waals surface area contributed by atoms with E-state index in [-0.39, 0.29) is 5.54 Å². The molecule has 3 aliphatic rings. The summed E-state index contributed by atoms with van der Waals surface area (Å²) in [5.41, 5.74) is 6.48. The topological polar surface area (TPSA) is 41.7 Å². The third-order valence-electron chi connectivity index (χ3n) is 6.42. The molecule has 0 aliphatic carbocycles. The molecule has 2 N–H and O–H groups in total. The van der Waals surface area contributed by atoms with Gasteiger partial charge in [0.15, 0.2) is 0 Å². The monoisotopic (exact) mass is 295 g/mol. The number of rotatable bonds is 3. The Kier molecular flexibility index (Phi) is 4.60. The lowest BCUT2D eigenvalue weighted by Crippen LogP contribution is -2.60. The SMILES string of the molecule is CC(C)C1CC(CN)(N2CCC3CCC(C2)N3C)CCO1. The van der Waals surface area contributed by atoms with E-state index in [2.05, 4.69) is 30.7 Å². The highest BCUT2D eigenvalue weighted by Gasteiger charge is 2.45. The smallest absolute Gasteiger partial charge is 0.0616 e. The minimum atomic E-state index is 0.179. The van der Waals surface area contributed by atoms with Gasteiger partial charge in [-0.1, -0.05) is 13.8 Å². The zero-order valence-corrected chi connectivity index (χ0v) is 14.1. The van der Waals surface area contributed by atoms with Gasteiger partial charge in [-0.25, -0.2) is 0 Å². The number of nitrogens with zero attached hydrogens (tertiary/aromatic N) is 2. The number of likely N-dealkylation sites (N-methyl/N-ethyl adjacent to an activating group) is 1. The molecule has 4 heteroatoms. The Balaban J connectivity index is 1.76. The lowest BCUT2D eigenvalue weighted by Gasteiger charge is -2.49. The van der Waals surface area contributed by atoms with E-state index in [9.17, 15) is 0 Å². The Morgan fingerprint density at radius 1 is 1.24 bits per heavy atom. The first-order chi connectivity index (χ1) is 10.1. The van der Waals surface area contributed by atoms with Crippen LogP contribution in [0.15, 0.2) is 0 Å². The molecule has 3 heterocycles. The minimum Gasteiger partial charge on any atom is -0.378 e. The Bertz CT molecular complexity index is 362. The van der Waals surface area contributed by atoms with Crippen molar-refractivity contribution in [1.29, 1.82) is 0 Å². The first-order valence-corrected chi connectivity index (χ1v) is 8.84. The lowest BCUT2D eigenvalue weighted by molar-refractivity contribution is -0.0889. The molecule has 122 valence electrons. The molecule has 3 fully saturated rings. The van der Waals surface area contributed by atoms with Gasteiger partial charge in [-0.15, -0.1) is 0 Å². The van der Waals surface area contributed by atoms with Crippen molar-refractivity contribution in [2.75, 3.05) is 33.3 Å². The van der Waals surface area contributed by atoms with E-state index in [4.69, 9.17) is 10.5 Å². The summed E-state index contributed by atoms with van der Waals surface area (Å²) in [6.45, 7) is 8.62. The molecule has 4 unspecified atom stereocenters. The molecule has 0 amide bonds. The van der Waals surface area contributed by atoms with Crippen LogP contribution in [0.4, 0.5) is 0 Å². The van der Waals surface area contributed by atoms with Crippen molar-refractivity contribution in [2.45, 2.75) is 69.7 Å². The van der Waals surface area contributed by atoms with Crippen molar-refractivity contribution in [3.05, 3.63) is 0 Å². The Morgan fingerprint density at radius 2 is 2.00 bits per heavy atom. The van der Waals surface area contributed by atoms with Gasteiger partial charge >= 0.3 is 0 Å². The number of fused-ring (bicyclic) bond motifs is 2. The van der Waals surface area contributed by atoms with Crippen LogP contribution in [0.2, 0.25) is 0 Å². The normalized spacial score (nSPS) is 42.4. The largest absolute Gasteiger partial charge is 0.378 e. The van der Waals surface area contributed by atoms with Crippen LogP contribution in [0.1, 0.15) is 46.0 Å². The van der Waals surface area contributed by atoms with Gasteiger partial charge < -0.3 is 10.5 Å². The molecule has 4 atom stereocenters. The number of nitrogens with two attached hydrogens (primary N) is 1. The molecule has 0 radical (unpaired) electrons. The minimum absolute atomic E-state index is 0.179. The lowest BCUT2D eigenvalue weighted by atomic mass is 9.81. The third-order valence-corrected chi connectivity index (χ3v) is 6.42. The molecular weight excluding hydrogens is 262 g/mol. The molecule has 0 spiro atoms. The average Bonchev–Trinajstić information content (AvgIpc) is 2.72. The Labute approximate surface area is 130 Å². The zero-order chi connectivity index (χ0) is 15.0. The predicted octanol–water partition coefficient (Wildman–Crippen LogP) is 1.69. The van der Waals surface area contributed by atoms with Crippen LogP contribution >= 0.6 is 0 Å². The summed E-state index contributed by atoms with van der Waals surface area (Å²) in [7, 11) is 2.32. The van der Waals surface area contributed by atoms with Crippen LogP contribution in [0.5, 0.6) is 0 Å². The van der Waals surface area contributed by atoms with Crippen molar-refractivity contribution in [2.24, 2.45) is 11.7 Å². The molecule has 0 saturated carbocycles. The maximum Gasteiger partial charge on any atom is 0.0616 e. The number of ether oxygens (including phenoxy) is 1. The van der Waals surface area contributed by atoms with E-state index in [0.29, 0.717) is 12.0 Å².